The molecule has 0 heterocycles. The van der Waals surface area contributed by atoms with Crippen LogP contribution in [0, 0.1) is 6.92 Å². The Kier molecular flexibility index (Phi) is 11.1. The molecule has 0 bridgehead atoms. The smallest absolute Gasteiger partial charge is 0.264 e. The molecule has 0 radical (unpaired) electrons. The van der Waals surface area contributed by atoms with Gasteiger partial charge in [-0.2, -0.15) is 0 Å². The van der Waals surface area contributed by atoms with Gasteiger partial charge in [0.15, 0.2) is 0 Å². The largest absolute Gasteiger partial charge is 0.352 e. The Labute approximate surface area is 277 Å². The first-order chi connectivity index (χ1) is 22.2. The third kappa shape index (κ3) is 8.36. The summed E-state index contributed by atoms with van der Waals surface area (Å²) in [4.78, 5) is 30.4. The summed E-state index contributed by atoms with van der Waals surface area (Å²) in [6.07, 6.45) is 5.30. The lowest BCUT2D eigenvalue weighted by atomic mass is 9.94. The predicted octanol–water partition coefficient (Wildman–Crippen LogP) is 6.93. The molecule has 0 saturated heterocycles. The molecule has 240 valence electrons. The first-order valence-electron chi connectivity index (χ1n) is 15.7. The number of sulfonamides is 1. The average molecular weight is 658 g/mol. The monoisotopic (exact) mass is 657 g/mol. The number of anilines is 1. The summed E-state index contributed by atoms with van der Waals surface area (Å²) < 4.78 is 29.3. The van der Waals surface area contributed by atoms with Gasteiger partial charge in [0.25, 0.3) is 10.0 Å². The Morgan fingerprint density at radius 1 is 0.826 bits per heavy atom. The van der Waals surface area contributed by atoms with Gasteiger partial charge in [0.05, 0.1) is 15.6 Å². The van der Waals surface area contributed by atoms with E-state index < -0.39 is 28.5 Å². The number of benzene rings is 4. The quantitative estimate of drug-likeness (QED) is 0.179. The average Bonchev–Trinajstić information content (AvgIpc) is 3.07. The van der Waals surface area contributed by atoms with E-state index in [2.05, 4.69) is 5.32 Å². The molecule has 1 aliphatic rings. The zero-order valence-electron chi connectivity index (χ0n) is 26.0. The van der Waals surface area contributed by atoms with Crippen molar-refractivity contribution in [2.75, 3.05) is 10.8 Å². The first kappa shape index (κ1) is 33.2. The van der Waals surface area contributed by atoms with E-state index in [1.54, 1.807) is 42.5 Å². The number of carbonyl (C=O) groups excluding carboxylic acids is 2. The fraction of sp³-hybridized carbons (Fsp3) is 0.297. The van der Waals surface area contributed by atoms with Crippen LogP contribution in [0.15, 0.2) is 114 Å². The van der Waals surface area contributed by atoms with Crippen LogP contribution in [0.5, 0.6) is 0 Å². The molecule has 0 aromatic heterocycles. The predicted molar refractivity (Wildman–Crippen MR) is 183 cm³/mol. The Hall–Kier alpha value is -4.14. The molecule has 4 aromatic carbocycles. The maximum absolute atomic E-state index is 14.6. The molecule has 4 aromatic rings. The molecule has 1 fully saturated rings. The molecule has 9 heteroatoms. The van der Waals surface area contributed by atoms with Crippen molar-refractivity contribution in [1.82, 2.24) is 10.2 Å². The molecule has 0 spiro atoms. The maximum atomic E-state index is 14.6. The zero-order chi connectivity index (χ0) is 32.5. The van der Waals surface area contributed by atoms with Gasteiger partial charge in [-0.05, 0) is 55.2 Å². The number of amides is 2. The molecule has 46 heavy (non-hydrogen) atoms. The van der Waals surface area contributed by atoms with Gasteiger partial charge in [-0.1, -0.05) is 121 Å². The van der Waals surface area contributed by atoms with Crippen molar-refractivity contribution in [3.63, 3.8) is 0 Å². The van der Waals surface area contributed by atoms with E-state index in [9.17, 15) is 18.0 Å². The second-order valence-corrected chi connectivity index (χ2v) is 14.1. The Bertz CT molecular complexity index is 1730. The maximum Gasteiger partial charge on any atom is 0.264 e. The number of para-hydroxylation sites is 1. The van der Waals surface area contributed by atoms with E-state index in [0.717, 1.165) is 53.1 Å². The van der Waals surface area contributed by atoms with E-state index in [1.165, 1.54) is 17.0 Å². The van der Waals surface area contributed by atoms with Gasteiger partial charge in [0.1, 0.15) is 12.6 Å². The second-order valence-electron chi connectivity index (χ2n) is 11.8. The minimum absolute atomic E-state index is 0.0313. The molecular formula is C37H40ClN3O4S. The van der Waals surface area contributed by atoms with Crippen LogP contribution in [-0.4, -0.2) is 43.8 Å². The van der Waals surface area contributed by atoms with Gasteiger partial charge in [0, 0.05) is 19.0 Å². The van der Waals surface area contributed by atoms with Gasteiger partial charge in [-0.3, -0.25) is 13.9 Å². The number of nitrogens with one attached hydrogen (secondary N) is 1. The van der Waals surface area contributed by atoms with E-state index in [4.69, 9.17) is 11.6 Å². The standard InChI is InChI=1S/C37H40ClN3O4S/c1-28-14-13-17-30(24-28)26-40(35(25-29-15-5-2-6-16-29)37(43)39-31-18-7-3-8-19-31)36(42)27-41(34-23-12-11-22-33(34)38)46(44,45)32-20-9-4-10-21-32/h2,4-6,9-17,20-24,31,35H,3,7-8,18-19,25-27H2,1H3,(H,39,43)/t35-/m1/s1. The summed E-state index contributed by atoms with van der Waals surface area (Å²) >= 11 is 6.56. The molecule has 1 aliphatic carbocycles. The SMILES string of the molecule is Cc1cccc(CN(C(=O)CN(c2ccccc2Cl)S(=O)(=O)c2ccccc2)[C@H](Cc2ccccc2)C(=O)NC2CCCCC2)c1. The van der Waals surface area contributed by atoms with Crippen molar-refractivity contribution in [2.24, 2.45) is 0 Å². The molecule has 7 nitrogen and oxygen atoms in total. The number of hydrogen-bond acceptors (Lipinski definition) is 4. The number of halogens is 1. The highest BCUT2D eigenvalue weighted by molar-refractivity contribution is 7.92. The van der Waals surface area contributed by atoms with E-state index in [0.29, 0.717) is 0 Å². The fourth-order valence-electron chi connectivity index (χ4n) is 5.99. The lowest BCUT2D eigenvalue weighted by Gasteiger charge is -2.35. The number of hydrogen-bond donors (Lipinski definition) is 1. The van der Waals surface area contributed by atoms with Gasteiger partial charge in [-0.25, -0.2) is 8.42 Å². The Morgan fingerprint density at radius 3 is 2.13 bits per heavy atom. The van der Waals surface area contributed by atoms with Crippen LogP contribution >= 0.6 is 11.6 Å². The summed E-state index contributed by atoms with van der Waals surface area (Å²) in [5.74, 6) is -0.757. The molecule has 5 rings (SSSR count). The van der Waals surface area contributed by atoms with Gasteiger partial charge in [0.2, 0.25) is 11.8 Å². The Balaban J connectivity index is 1.56. The lowest BCUT2D eigenvalue weighted by Crippen LogP contribution is -2.55. The normalized spacial score (nSPS) is 14.3. The van der Waals surface area contributed by atoms with Crippen molar-refractivity contribution < 1.29 is 18.0 Å². The number of carbonyl (C=O) groups is 2. The lowest BCUT2D eigenvalue weighted by molar-refractivity contribution is -0.140. The number of aryl methyl sites for hydroxylation is 1. The van der Waals surface area contributed by atoms with Gasteiger partial charge < -0.3 is 10.2 Å². The van der Waals surface area contributed by atoms with Crippen molar-refractivity contribution in [3.05, 3.63) is 131 Å². The van der Waals surface area contributed by atoms with E-state index in [-0.39, 0.29) is 40.5 Å². The summed E-state index contributed by atoms with van der Waals surface area (Å²) in [5, 5.41) is 3.43. The summed E-state index contributed by atoms with van der Waals surface area (Å²) in [7, 11) is -4.21. The summed E-state index contributed by atoms with van der Waals surface area (Å²) in [6, 6.07) is 31.1. The summed E-state index contributed by atoms with van der Waals surface area (Å²) in [6.45, 7) is 1.55. The zero-order valence-corrected chi connectivity index (χ0v) is 27.6. The topological polar surface area (TPSA) is 86.8 Å². The van der Waals surface area contributed by atoms with Crippen LogP contribution in [0.4, 0.5) is 5.69 Å². The molecule has 0 unspecified atom stereocenters. The van der Waals surface area contributed by atoms with Crippen LogP contribution in [0.1, 0.15) is 48.8 Å². The number of nitrogens with zero attached hydrogens (tertiary/aromatic N) is 2. The van der Waals surface area contributed by atoms with Crippen molar-refractivity contribution in [2.45, 2.75) is 69.0 Å². The van der Waals surface area contributed by atoms with Crippen LogP contribution in [0.2, 0.25) is 5.02 Å². The molecule has 1 atom stereocenters. The van der Waals surface area contributed by atoms with Crippen molar-refractivity contribution >= 4 is 39.1 Å². The van der Waals surface area contributed by atoms with E-state index in [1.807, 2.05) is 61.5 Å². The second kappa shape index (κ2) is 15.4. The van der Waals surface area contributed by atoms with Gasteiger partial charge >= 0.3 is 0 Å². The minimum atomic E-state index is -4.21. The van der Waals surface area contributed by atoms with Crippen LogP contribution in [-0.2, 0) is 32.6 Å². The first-order valence-corrected chi connectivity index (χ1v) is 17.6. The van der Waals surface area contributed by atoms with E-state index >= 15 is 0 Å². The van der Waals surface area contributed by atoms with Crippen LogP contribution in [0.3, 0.4) is 0 Å². The molecule has 1 N–H and O–H groups in total. The summed E-state index contributed by atoms with van der Waals surface area (Å²) in [5.41, 5.74) is 2.93. The minimum Gasteiger partial charge on any atom is -0.352 e. The fourth-order valence-corrected chi connectivity index (χ4v) is 7.73. The number of rotatable bonds is 12. The highest BCUT2D eigenvalue weighted by Gasteiger charge is 2.36. The highest BCUT2D eigenvalue weighted by atomic mass is 35.5. The molecule has 0 aliphatic heterocycles. The molecule has 1 saturated carbocycles. The van der Waals surface area contributed by atoms with Crippen molar-refractivity contribution in [3.8, 4) is 0 Å². The third-order valence-corrected chi connectivity index (χ3v) is 10.5. The highest BCUT2D eigenvalue weighted by Crippen LogP contribution is 2.31. The van der Waals surface area contributed by atoms with Crippen LogP contribution in [0.25, 0.3) is 0 Å². The third-order valence-electron chi connectivity index (χ3n) is 8.39. The van der Waals surface area contributed by atoms with Crippen LogP contribution < -0.4 is 9.62 Å². The Morgan fingerprint density at radius 2 is 1.46 bits per heavy atom. The molecule has 2 amide bonds. The van der Waals surface area contributed by atoms with Crippen molar-refractivity contribution in [1.29, 1.82) is 0 Å². The molecular weight excluding hydrogens is 618 g/mol. The van der Waals surface area contributed by atoms with Gasteiger partial charge in [-0.15, -0.1) is 0 Å².